The van der Waals surface area contributed by atoms with Gasteiger partial charge in [0.25, 0.3) is 0 Å². The smallest absolute Gasteiger partial charge is 0.0240 e. The largest absolute Gasteiger partial charge is 0.295 e. The second kappa shape index (κ2) is 4.71. The van der Waals surface area contributed by atoms with Crippen molar-refractivity contribution in [3.63, 3.8) is 0 Å². The second-order valence-corrected chi connectivity index (χ2v) is 6.62. The van der Waals surface area contributed by atoms with Crippen molar-refractivity contribution in [2.24, 2.45) is 0 Å². The number of halogens is 1. The number of hydrogen-bond acceptors (Lipinski definition) is 2. The Balaban J connectivity index is 1.80. The van der Waals surface area contributed by atoms with Crippen LogP contribution < -0.4 is 0 Å². The van der Waals surface area contributed by atoms with Crippen molar-refractivity contribution in [1.82, 2.24) is 4.90 Å². The molecule has 1 saturated heterocycles. The first kappa shape index (κ1) is 11.1. The van der Waals surface area contributed by atoms with E-state index in [9.17, 15) is 0 Å². The maximum absolute atomic E-state index is 3.66. The van der Waals surface area contributed by atoms with Crippen LogP contribution in [-0.2, 0) is 13.0 Å². The summed E-state index contributed by atoms with van der Waals surface area (Å²) in [6.45, 7) is 2.39. The highest BCUT2D eigenvalue weighted by Crippen LogP contribution is 2.30. The lowest BCUT2D eigenvalue weighted by Crippen LogP contribution is -2.39. The molecule has 2 aliphatic rings. The Morgan fingerprint density at radius 2 is 2.31 bits per heavy atom. The molecule has 3 heteroatoms. The lowest BCUT2D eigenvalue weighted by Gasteiger charge is -2.33. The fourth-order valence-electron chi connectivity index (χ4n) is 2.71. The molecule has 0 spiro atoms. The van der Waals surface area contributed by atoms with Crippen LogP contribution in [0.2, 0.25) is 0 Å². The highest BCUT2D eigenvalue weighted by Gasteiger charge is 2.26. The molecule has 3 rings (SSSR count). The molecule has 2 aliphatic heterocycles. The van der Waals surface area contributed by atoms with Gasteiger partial charge in [0.2, 0.25) is 0 Å². The third kappa shape index (κ3) is 2.05. The van der Waals surface area contributed by atoms with Gasteiger partial charge >= 0.3 is 0 Å². The summed E-state index contributed by atoms with van der Waals surface area (Å²) in [7, 11) is 0. The maximum atomic E-state index is 3.66. The summed E-state index contributed by atoms with van der Waals surface area (Å²) < 4.78 is 1.30. The van der Waals surface area contributed by atoms with Crippen molar-refractivity contribution in [1.29, 1.82) is 0 Å². The molecule has 1 aromatic rings. The SMILES string of the molecule is Brc1cccc2c1CCN(C1CCSC1)C2. The average molecular weight is 298 g/mol. The quantitative estimate of drug-likeness (QED) is 0.782. The Kier molecular flexibility index (Phi) is 3.27. The van der Waals surface area contributed by atoms with E-state index in [1.807, 2.05) is 0 Å². The van der Waals surface area contributed by atoms with Gasteiger partial charge in [-0.15, -0.1) is 0 Å². The minimum absolute atomic E-state index is 0.831. The summed E-state index contributed by atoms with van der Waals surface area (Å²) in [4.78, 5) is 2.68. The minimum Gasteiger partial charge on any atom is -0.295 e. The fourth-order valence-corrected chi connectivity index (χ4v) is 4.57. The molecule has 1 aromatic carbocycles. The highest BCUT2D eigenvalue weighted by molar-refractivity contribution is 9.10. The Morgan fingerprint density at radius 1 is 1.38 bits per heavy atom. The molecule has 0 bridgehead atoms. The third-order valence-corrected chi connectivity index (χ3v) is 5.55. The monoisotopic (exact) mass is 297 g/mol. The Morgan fingerprint density at radius 3 is 3.12 bits per heavy atom. The van der Waals surface area contributed by atoms with Crippen LogP contribution >= 0.6 is 27.7 Å². The lowest BCUT2D eigenvalue weighted by atomic mass is 9.98. The van der Waals surface area contributed by atoms with E-state index in [2.05, 4.69) is 50.8 Å². The molecule has 1 unspecified atom stereocenters. The Labute approximate surface area is 110 Å². The van der Waals surface area contributed by atoms with Crippen molar-refractivity contribution in [2.75, 3.05) is 18.1 Å². The van der Waals surface area contributed by atoms with Gasteiger partial charge in [-0.05, 0) is 35.8 Å². The molecular formula is C13H16BrNS. The van der Waals surface area contributed by atoms with Crippen molar-refractivity contribution in [2.45, 2.75) is 25.4 Å². The maximum Gasteiger partial charge on any atom is 0.0240 e. The first-order chi connectivity index (χ1) is 7.84. The first-order valence-corrected chi connectivity index (χ1v) is 7.87. The molecule has 86 valence electrons. The van der Waals surface area contributed by atoms with Crippen molar-refractivity contribution >= 4 is 27.7 Å². The first-order valence-electron chi connectivity index (χ1n) is 5.92. The molecule has 16 heavy (non-hydrogen) atoms. The summed E-state index contributed by atoms with van der Waals surface area (Å²) in [6.07, 6.45) is 2.59. The van der Waals surface area contributed by atoms with Gasteiger partial charge in [-0.2, -0.15) is 11.8 Å². The number of thioether (sulfide) groups is 1. The fraction of sp³-hybridized carbons (Fsp3) is 0.538. The van der Waals surface area contributed by atoms with Gasteiger partial charge in [0.15, 0.2) is 0 Å². The van der Waals surface area contributed by atoms with Gasteiger partial charge in [0.05, 0.1) is 0 Å². The molecule has 0 saturated carbocycles. The van der Waals surface area contributed by atoms with Crippen LogP contribution in [0.3, 0.4) is 0 Å². The Hall–Kier alpha value is 0.01000. The summed E-state index contributed by atoms with van der Waals surface area (Å²) in [5.41, 5.74) is 3.06. The van der Waals surface area contributed by atoms with Gasteiger partial charge in [-0.3, -0.25) is 4.90 Å². The molecule has 1 atom stereocenters. The predicted molar refractivity (Wildman–Crippen MR) is 74.0 cm³/mol. The van der Waals surface area contributed by atoms with Crippen LogP contribution in [0.1, 0.15) is 17.5 Å². The summed E-state index contributed by atoms with van der Waals surface area (Å²) >= 11 is 5.77. The van der Waals surface area contributed by atoms with Crippen LogP contribution in [0.25, 0.3) is 0 Å². The van der Waals surface area contributed by atoms with Gasteiger partial charge in [-0.25, -0.2) is 0 Å². The second-order valence-electron chi connectivity index (χ2n) is 4.62. The average Bonchev–Trinajstić information content (AvgIpc) is 2.82. The van der Waals surface area contributed by atoms with Gasteiger partial charge in [0, 0.05) is 29.4 Å². The van der Waals surface area contributed by atoms with Gasteiger partial charge in [0.1, 0.15) is 0 Å². The summed E-state index contributed by atoms with van der Waals surface area (Å²) in [5.74, 6) is 2.69. The summed E-state index contributed by atoms with van der Waals surface area (Å²) in [6, 6.07) is 7.45. The topological polar surface area (TPSA) is 3.24 Å². The molecule has 1 fully saturated rings. The van der Waals surface area contributed by atoms with E-state index in [1.165, 1.54) is 46.5 Å². The van der Waals surface area contributed by atoms with E-state index in [1.54, 1.807) is 0 Å². The van der Waals surface area contributed by atoms with Crippen LogP contribution in [0, 0.1) is 0 Å². The number of nitrogens with zero attached hydrogens (tertiary/aromatic N) is 1. The van der Waals surface area contributed by atoms with E-state index < -0.39 is 0 Å². The highest BCUT2D eigenvalue weighted by atomic mass is 79.9. The molecular weight excluding hydrogens is 282 g/mol. The molecule has 1 nitrogen and oxygen atoms in total. The summed E-state index contributed by atoms with van der Waals surface area (Å²) in [5, 5.41) is 0. The van der Waals surface area contributed by atoms with Crippen molar-refractivity contribution in [3.8, 4) is 0 Å². The van der Waals surface area contributed by atoms with E-state index in [4.69, 9.17) is 0 Å². The third-order valence-electron chi connectivity index (χ3n) is 3.66. The van der Waals surface area contributed by atoms with Crippen LogP contribution in [-0.4, -0.2) is 29.0 Å². The predicted octanol–water partition coefficient (Wildman–Crippen LogP) is 3.31. The van der Waals surface area contributed by atoms with Gasteiger partial charge in [-0.1, -0.05) is 28.1 Å². The molecule has 0 aliphatic carbocycles. The van der Waals surface area contributed by atoms with Crippen LogP contribution in [0.15, 0.2) is 22.7 Å². The van der Waals surface area contributed by atoms with Gasteiger partial charge < -0.3 is 0 Å². The normalized spacial score (nSPS) is 25.7. The van der Waals surface area contributed by atoms with Crippen LogP contribution in [0.5, 0.6) is 0 Å². The molecule has 0 radical (unpaired) electrons. The zero-order chi connectivity index (χ0) is 11.0. The molecule has 2 heterocycles. The van der Waals surface area contributed by atoms with E-state index >= 15 is 0 Å². The lowest BCUT2D eigenvalue weighted by molar-refractivity contribution is 0.194. The molecule has 0 aromatic heterocycles. The van der Waals surface area contributed by atoms with E-state index in [0.29, 0.717) is 0 Å². The molecule has 0 N–H and O–H groups in total. The van der Waals surface area contributed by atoms with Crippen LogP contribution in [0.4, 0.5) is 0 Å². The zero-order valence-corrected chi connectivity index (χ0v) is 11.7. The van der Waals surface area contributed by atoms with E-state index in [0.717, 1.165) is 12.6 Å². The van der Waals surface area contributed by atoms with E-state index in [-0.39, 0.29) is 0 Å². The number of benzene rings is 1. The molecule has 0 amide bonds. The number of fused-ring (bicyclic) bond motifs is 1. The number of hydrogen-bond donors (Lipinski definition) is 0. The number of rotatable bonds is 1. The van der Waals surface area contributed by atoms with Crippen molar-refractivity contribution < 1.29 is 0 Å². The minimum atomic E-state index is 0.831. The van der Waals surface area contributed by atoms with Crippen molar-refractivity contribution in [3.05, 3.63) is 33.8 Å². The zero-order valence-electron chi connectivity index (χ0n) is 9.29. The standard InChI is InChI=1S/C13H16BrNS/c14-13-3-1-2-10-8-15(6-4-12(10)13)11-5-7-16-9-11/h1-3,11H,4-9H2. The Bertz CT molecular complexity index is 388.